The quantitative estimate of drug-likeness (QED) is 0.0996. The minimum absolute atomic E-state index is 0. The fraction of sp³-hybridized carbons (Fsp3) is 0.442. The fourth-order valence-corrected chi connectivity index (χ4v) is 8.16. The summed E-state index contributed by atoms with van der Waals surface area (Å²) in [7, 11) is 0. The molecule has 3 amide bonds. The Hall–Kier alpha value is -5.70. The maximum atomic E-state index is 14.7. The zero-order valence-corrected chi connectivity index (χ0v) is 32.5. The largest absolute Gasteiger partial charge is 0.374 e. The van der Waals surface area contributed by atoms with E-state index >= 15 is 0 Å². The van der Waals surface area contributed by atoms with E-state index in [-0.39, 0.29) is 59.9 Å². The normalized spacial score (nSPS) is 21.3. The average Bonchev–Trinajstić information content (AvgIpc) is 3.24. The Morgan fingerprint density at radius 3 is 2.31 bits per heavy atom. The van der Waals surface area contributed by atoms with Crippen LogP contribution in [0.25, 0.3) is 22.4 Å². The lowest BCUT2D eigenvalue weighted by Gasteiger charge is -2.31. The molecule has 15 heteroatoms. The summed E-state index contributed by atoms with van der Waals surface area (Å²) < 4.78 is 29.0. The van der Waals surface area contributed by atoms with Gasteiger partial charge in [-0.1, -0.05) is 37.5 Å². The summed E-state index contributed by atoms with van der Waals surface area (Å²) in [6.45, 7) is 3.24. The van der Waals surface area contributed by atoms with Crippen LogP contribution < -0.4 is 37.0 Å². The lowest BCUT2D eigenvalue weighted by molar-refractivity contribution is -0.133. The Kier molecular flexibility index (Phi) is 13.4. The molecule has 0 radical (unpaired) electrons. The van der Waals surface area contributed by atoms with Gasteiger partial charge in [-0.15, -0.1) is 0 Å². The predicted molar refractivity (Wildman–Crippen MR) is 230 cm³/mol. The van der Waals surface area contributed by atoms with Crippen molar-refractivity contribution >= 4 is 35.0 Å². The highest BCUT2D eigenvalue weighted by atomic mass is 19.1. The van der Waals surface area contributed by atoms with Crippen LogP contribution in [0.4, 0.5) is 26.1 Å². The van der Waals surface area contributed by atoms with Gasteiger partial charge in [-0.2, -0.15) is 0 Å². The van der Waals surface area contributed by atoms with E-state index in [2.05, 4.69) is 41.5 Å². The van der Waals surface area contributed by atoms with E-state index in [1.165, 1.54) is 18.7 Å². The van der Waals surface area contributed by atoms with E-state index in [9.17, 15) is 28.0 Å². The number of halogens is 2. The van der Waals surface area contributed by atoms with Crippen LogP contribution in [0.5, 0.6) is 0 Å². The Morgan fingerprint density at radius 2 is 1.57 bits per heavy atom. The molecule has 1 atom stereocenters. The highest BCUT2D eigenvalue weighted by Gasteiger charge is 2.28. The Balaban J connectivity index is 0.000000441. The number of nitrogens with one attached hydrogen (secondary N) is 6. The molecule has 2 aliphatic heterocycles. The molecule has 0 unspecified atom stereocenters. The Bertz CT molecular complexity index is 2150. The van der Waals surface area contributed by atoms with E-state index in [0.29, 0.717) is 46.9 Å². The monoisotopic (exact) mass is 805 g/mol. The van der Waals surface area contributed by atoms with E-state index < -0.39 is 11.9 Å². The van der Waals surface area contributed by atoms with Crippen molar-refractivity contribution < 1.29 is 30.3 Å². The number of hydrogen-bond donors (Lipinski definition) is 6. The van der Waals surface area contributed by atoms with Crippen LogP contribution in [-0.4, -0.2) is 77.0 Å². The maximum absolute atomic E-state index is 14.7. The van der Waals surface area contributed by atoms with Crippen LogP contribution in [0.3, 0.4) is 0 Å². The first-order valence-corrected chi connectivity index (χ1v) is 20.4. The van der Waals surface area contributed by atoms with Gasteiger partial charge >= 0.3 is 0 Å². The van der Waals surface area contributed by atoms with Crippen molar-refractivity contribution in [3.63, 3.8) is 0 Å². The van der Waals surface area contributed by atoms with Gasteiger partial charge in [-0.3, -0.25) is 24.5 Å². The molecule has 2 aromatic carbocycles. The minimum atomic E-state index is -0.520. The van der Waals surface area contributed by atoms with E-state index in [1.807, 2.05) is 11.0 Å². The summed E-state index contributed by atoms with van der Waals surface area (Å²) in [5.74, 6) is -0.667. The number of carbonyl (C=O) groups is 3. The lowest BCUT2D eigenvalue weighted by Crippen LogP contribution is -2.47. The second kappa shape index (κ2) is 19.2. The summed E-state index contributed by atoms with van der Waals surface area (Å²) in [6.07, 6.45) is 12.6. The number of benzene rings is 2. The molecule has 13 nitrogen and oxygen atoms in total. The first-order chi connectivity index (χ1) is 28.2. The van der Waals surface area contributed by atoms with Crippen LogP contribution in [-0.2, 0) is 14.4 Å². The Morgan fingerprint density at radius 1 is 0.810 bits per heavy atom. The van der Waals surface area contributed by atoms with E-state index in [1.54, 1.807) is 48.7 Å². The van der Waals surface area contributed by atoms with Gasteiger partial charge < -0.3 is 31.2 Å². The highest BCUT2D eigenvalue weighted by Crippen LogP contribution is 2.29. The minimum Gasteiger partial charge on any atom is -0.374 e. The Labute approximate surface area is 343 Å². The van der Waals surface area contributed by atoms with Crippen LogP contribution in [0, 0.1) is 17.6 Å². The molecular formula is C43H61F2N9O4. The second-order valence-corrected chi connectivity index (χ2v) is 15.5. The third-order valence-electron chi connectivity index (χ3n) is 11.4. The van der Waals surface area contributed by atoms with Crippen molar-refractivity contribution in [3.8, 4) is 22.4 Å². The number of amides is 3. The number of pyridine rings is 1. The van der Waals surface area contributed by atoms with Gasteiger partial charge in [-0.25, -0.2) is 18.7 Å². The molecule has 0 spiro atoms. The van der Waals surface area contributed by atoms with Gasteiger partial charge in [-0.05, 0) is 86.9 Å². The van der Waals surface area contributed by atoms with Crippen molar-refractivity contribution in [2.45, 2.75) is 88.8 Å². The fourth-order valence-electron chi connectivity index (χ4n) is 8.16. The summed E-state index contributed by atoms with van der Waals surface area (Å²) in [4.78, 5) is 60.9. The van der Waals surface area contributed by atoms with Crippen molar-refractivity contribution in [3.05, 3.63) is 89.0 Å². The molecule has 2 aromatic heterocycles. The van der Waals surface area contributed by atoms with Crippen LogP contribution >= 0.6 is 0 Å². The van der Waals surface area contributed by atoms with E-state index in [0.717, 1.165) is 77.5 Å². The van der Waals surface area contributed by atoms with Crippen LogP contribution in [0.2, 0.25) is 0 Å². The zero-order chi connectivity index (χ0) is 40.4. The molecule has 2 aliphatic carbocycles. The lowest BCUT2D eigenvalue weighted by atomic mass is 9.87. The van der Waals surface area contributed by atoms with Crippen molar-refractivity contribution in [1.29, 1.82) is 0 Å². The number of piperazine rings is 1. The second-order valence-electron chi connectivity index (χ2n) is 15.5. The summed E-state index contributed by atoms with van der Waals surface area (Å²) in [5, 5.41) is 15.1. The number of aromatic amines is 1. The molecule has 2 saturated carbocycles. The molecule has 4 heterocycles. The van der Waals surface area contributed by atoms with E-state index in [4.69, 9.17) is 0 Å². The SMILES string of the molecule is O=C(NC1CCC(Nc2ncc(F)c(-c3cccc(-c4ccc[nH]c4=O)c3)n2)CC1)C1CCCCC1.O=C1CC[C@H](Nc2ccc(N3CCNCC3)c(F)c2)C(=O)N1.[HH].[HH].[HH].[HH].[HH]. The number of piperidine rings is 1. The molecule has 6 N–H and O–H groups in total. The number of nitrogens with zero attached hydrogens (tertiary/aromatic N) is 3. The molecule has 4 fully saturated rings. The zero-order valence-electron chi connectivity index (χ0n) is 32.5. The molecule has 2 saturated heterocycles. The molecule has 316 valence electrons. The number of rotatable bonds is 9. The summed E-state index contributed by atoms with van der Waals surface area (Å²) in [5.41, 5.74) is 2.89. The van der Waals surface area contributed by atoms with Gasteiger partial charge in [0.15, 0.2) is 5.82 Å². The van der Waals surface area contributed by atoms with Crippen molar-refractivity contribution in [1.82, 2.24) is 30.9 Å². The predicted octanol–water partition coefficient (Wildman–Crippen LogP) is 6.74. The first-order valence-electron chi connectivity index (χ1n) is 20.4. The molecular weight excluding hydrogens is 745 g/mol. The average molecular weight is 806 g/mol. The molecule has 0 bridgehead atoms. The summed E-state index contributed by atoms with van der Waals surface area (Å²) >= 11 is 0. The number of carbonyl (C=O) groups excluding carboxylic acids is 3. The summed E-state index contributed by atoms with van der Waals surface area (Å²) in [6, 6.07) is 15.4. The van der Waals surface area contributed by atoms with Crippen molar-refractivity contribution in [2.24, 2.45) is 5.92 Å². The van der Waals surface area contributed by atoms with Gasteiger partial charge in [0, 0.05) is 80.7 Å². The number of imide groups is 1. The molecule has 4 aromatic rings. The molecule has 58 heavy (non-hydrogen) atoms. The van der Waals surface area contributed by atoms with Gasteiger partial charge in [0.25, 0.3) is 5.56 Å². The third kappa shape index (κ3) is 10.4. The highest BCUT2D eigenvalue weighted by molar-refractivity contribution is 6.01. The smallest absolute Gasteiger partial charge is 0.255 e. The van der Waals surface area contributed by atoms with Gasteiger partial charge in [0.05, 0.1) is 11.9 Å². The van der Waals surface area contributed by atoms with Crippen molar-refractivity contribution in [2.75, 3.05) is 41.7 Å². The number of hydrogen-bond acceptors (Lipinski definition) is 10. The first kappa shape index (κ1) is 40.5. The maximum Gasteiger partial charge on any atom is 0.255 e. The van der Waals surface area contributed by atoms with Crippen LogP contribution in [0.1, 0.15) is 77.8 Å². The van der Waals surface area contributed by atoms with Crippen LogP contribution in [0.15, 0.2) is 71.8 Å². The number of aromatic nitrogens is 3. The number of H-pyrrole nitrogens is 1. The standard InChI is InChI=1S/C28H32FN5O2.C15H19FN4O2.5H2/c29-24-17-31-28(33-22-13-11-21(12-14-22)32-26(35)18-6-2-1-3-7-18)34-25(24)20-9-4-8-19(16-20)23-10-5-15-30-27(23)36;16-11-9-10(18-12-2-4-14(21)19-15(12)22)1-3-13(11)20-7-5-17-6-8-20;;;;;/h4-5,8-10,15-18,21-22H,1-3,6-7,11-14H2,(H,30,36)(H,32,35)(H,31,33,34);1,3,9,12,17-18H,2,4-8H2,(H,19,21,22);5*1H/t;12-;;;;;/m.0...../s1. The van der Waals surface area contributed by atoms with Gasteiger partial charge in [0.2, 0.25) is 23.7 Å². The molecule has 8 rings (SSSR count). The van der Waals surface area contributed by atoms with Gasteiger partial charge in [0.1, 0.15) is 17.6 Å². The third-order valence-corrected chi connectivity index (χ3v) is 11.4. The topological polar surface area (TPSA) is 173 Å². The molecule has 4 aliphatic rings. The number of anilines is 3.